The van der Waals surface area contributed by atoms with Gasteiger partial charge in [-0.15, -0.1) is 0 Å². The van der Waals surface area contributed by atoms with Crippen molar-refractivity contribution in [1.29, 1.82) is 0 Å². The molecule has 4 bridgehead atoms. The highest BCUT2D eigenvalue weighted by atomic mass is 16.5. The molecule has 4 saturated carbocycles. The molecule has 0 radical (unpaired) electrons. The van der Waals surface area contributed by atoms with Crippen molar-refractivity contribution < 1.29 is 19.4 Å². The molecule has 0 heterocycles. The van der Waals surface area contributed by atoms with E-state index in [1.165, 1.54) is 24.8 Å². The van der Waals surface area contributed by atoms with Crippen molar-refractivity contribution in [3.05, 3.63) is 65.2 Å². The summed E-state index contributed by atoms with van der Waals surface area (Å²) >= 11 is 0. The molecule has 1 unspecified atom stereocenters. The summed E-state index contributed by atoms with van der Waals surface area (Å²) in [4.78, 5) is 24.0. The number of nitrogens with one attached hydrogen (secondary N) is 2. The van der Waals surface area contributed by atoms with Gasteiger partial charge in [0.05, 0.1) is 5.56 Å². The lowest BCUT2D eigenvalue weighted by molar-refractivity contribution is -0.0135. The molecule has 2 amide bonds. The number of rotatable bonds is 8. The van der Waals surface area contributed by atoms with E-state index in [4.69, 9.17) is 9.84 Å². The number of carboxylic acids is 1. The molecule has 6 heteroatoms. The fourth-order valence-electron chi connectivity index (χ4n) is 6.78. The number of aryl methyl sites for hydroxylation is 1. The molecule has 2 aromatic carbocycles. The summed E-state index contributed by atoms with van der Waals surface area (Å²) in [5.41, 5.74) is 2.41. The molecule has 4 aliphatic rings. The highest BCUT2D eigenvalue weighted by molar-refractivity contribution is 5.87. The predicted octanol–water partition coefficient (Wildman–Crippen LogP) is 5.47. The Morgan fingerprint density at radius 1 is 0.971 bits per heavy atom. The Kier molecular flexibility index (Phi) is 6.24. The first kappa shape index (κ1) is 22.8. The maximum absolute atomic E-state index is 12.8. The Morgan fingerprint density at radius 2 is 1.56 bits per heavy atom. The molecule has 1 atom stereocenters. The molecule has 0 aromatic heterocycles. The zero-order valence-corrected chi connectivity index (χ0v) is 19.8. The van der Waals surface area contributed by atoms with Crippen LogP contribution in [0, 0.1) is 24.7 Å². The Hall–Kier alpha value is -3.02. The lowest BCUT2D eigenvalue weighted by Crippen LogP contribution is -2.61. The normalized spacial score (nSPS) is 27.7. The Morgan fingerprint density at radius 3 is 2.12 bits per heavy atom. The first-order chi connectivity index (χ1) is 16.4. The SMILES string of the molecule is Cc1ccc(C(CCNC(=O)NC23CC4CC(CC(C4)C2)C3)Oc2ccc(C(=O)O)cc2)cc1. The zero-order valence-electron chi connectivity index (χ0n) is 19.8. The van der Waals surface area contributed by atoms with E-state index in [1.807, 2.05) is 31.2 Å². The van der Waals surface area contributed by atoms with E-state index < -0.39 is 5.97 Å². The Balaban J connectivity index is 1.20. The van der Waals surface area contributed by atoms with E-state index in [-0.39, 0.29) is 23.2 Å². The van der Waals surface area contributed by atoms with Gasteiger partial charge in [-0.3, -0.25) is 0 Å². The number of ether oxygens (including phenoxy) is 1. The van der Waals surface area contributed by atoms with Gasteiger partial charge < -0.3 is 20.5 Å². The summed E-state index contributed by atoms with van der Waals surface area (Å²) in [5.74, 6) is 2.01. The van der Waals surface area contributed by atoms with Crippen LogP contribution in [0.1, 0.15) is 72.5 Å². The van der Waals surface area contributed by atoms with E-state index >= 15 is 0 Å². The third kappa shape index (κ3) is 5.06. The number of urea groups is 1. The molecule has 0 saturated heterocycles. The smallest absolute Gasteiger partial charge is 0.335 e. The van der Waals surface area contributed by atoms with Crippen LogP contribution in [0.15, 0.2) is 48.5 Å². The van der Waals surface area contributed by atoms with Crippen molar-refractivity contribution in [1.82, 2.24) is 10.6 Å². The first-order valence-electron chi connectivity index (χ1n) is 12.5. The van der Waals surface area contributed by atoms with Gasteiger partial charge in [0.1, 0.15) is 11.9 Å². The Labute approximate surface area is 201 Å². The van der Waals surface area contributed by atoms with E-state index in [0.717, 1.165) is 42.6 Å². The van der Waals surface area contributed by atoms with Crippen LogP contribution in [0.4, 0.5) is 4.79 Å². The summed E-state index contributed by atoms with van der Waals surface area (Å²) in [6.07, 6.45) is 7.81. The van der Waals surface area contributed by atoms with Crippen molar-refractivity contribution in [2.45, 2.75) is 63.5 Å². The lowest BCUT2D eigenvalue weighted by Gasteiger charge is -2.56. The maximum atomic E-state index is 12.8. The molecule has 4 fully saturated rings. The Bertz CT molecular complexity index is 996. The van der Waals surface area contributed by atoms with Gasteiger partial charge in [-0.25, -0.2) is 9.59 Å². The third-order valence-corrected chi connectivity index (χ3v) is 7.94. The van der Waals surface area contributed by atoms with Gasteiger partial charge in [0.15, 0.2) is 0 Å². The number of carbonyl (C=O) groups is 2. The number of hydrogen-bond donors (Lipinski definition) is 3. The number of benzene rings is 2. The minimum atomic E-state index is -0.962. The second kappa shape index (κ2) is 9.32. The molecule has 0 aliphatic heterocycles. The van der Waals surface area contributed by atoms with E-state index in [2.05, 4.69) is 10.6 Å². The van der Waals surface area contributed by atoms with Gasteiger partial charge in [0, 0.05) is 18.5 Å². The van der Waals surface area contributed by atoms with Gasteiger partial charge in [-0.1, -0.05) is 29.8 Å². The standard InChI is InChI=1S/C28H34N2O4/c1-18-2-4-22(5-3-18)25(34-24-8-6-23(7-9-24)26(31)32)10-11-29-27(33)30-28-15-19-12-20(16-28)14-21(13-19)17-28/h2-9,19-21,25H,10-17H2,1H3,(H,31,32)(H2,29,30,33). The summed E-state index contributed by atoms with van der Waals surface area (Å²) in [7, 11) is 0. The number of carbonyl (C=O) groups excluding carboxylic acids is 1. The van der Waals surface area contributed by atoms with E-state index in [0.29, 0.717) is 18.7 Å². The maximum Gasteiger partial charge on any atom is 0.335 e. The molecule has 0 spiro atoms. The second-order valence-corrected chi connectivity index (χ2v) is 10.7. The monoisotopic (exact) mass is 462 g/mol. The van der Waals surface area contributed by atoms with Crippen LogP contribution < -0.4 is 15.4 Å². The number of hydrogen-bond acceptors (Lipinski definition) is 3. The summed E-state index contributed by atoms with van der Waals surface area (Å²) in [5, 5.41) is 15.6. The van der Waals surface area contributed by atoms with Crippen molar-refractivity contribution in [2.75, 3.05) is 6.54 Å². The molecule has 180 valence electrons. The molecule has 34 heavy (non-hydrogen) atoms. The van der Waals surface area contributed by atoms with Gasteiger partial charge in [0.2, 0.25) is 0 Å². The summed E-state index contributed by atoms with van der Waals surface area (Å²) in [6, 6.07) is 14.6. The van der Waals surface area contributed by atoms with Gasteiger partial charge in [-0.2, -0.15) is 0 Å². The number of carboxylic acid groups (broad SMARTS) is 1. The highest BCUT2D eigenvalue weighted by Crippen LogP contribution is 2.55. The molecular weight excluding hydrogens is 428 g/mol. The zero-order chi connectivity index (χ0) is 23.7. The predicted molar refractivity (Wildman–Crippen MR) is 130 cm³/mol. The molecule has 3 N–H and O–H groups in total. The van der Waals surface area contributed by atoms with Crippen LogP contribution in [0.5, 0.6) is 5.75 Å². The van der Waals surface area contributed by atoms with E-state index in [1.54, 1.807) is 24.3 Å². The van der Waals surface area contributed by atoms with Crippen LogP contribution in [-0.2, 0) is 0 Å². The van der Waals surface area contributed by atoms with E-state index in [9.17, 15) is 9.59 Å². The van der Waals surface area contributed by atoms with Gasteiger partial charge >= 0.3 is 12.0 Å². The number of aromatic carboxylic acids is 1. The number of amides is 2. The quantitative estimate of drug-likeness (QED) is 0.485. The molecule has 4 aliphatic carbocycles. The largest absolute Gasteiger partial charge is 0.486 e. The minimum Gasteiger partial charge on any atom is -0.486 e. The van der Waals surface area contributed by atoms with Crippen molar-refractivity contribution in [2.24, 2.45) is 17.8 Å². The average Bonchev–Trinajstić information content (AvgIpc) is 2.78. The van der Waals surface area contributed by atoms with Crippen molar-refractivity contribution in [3.8, 4) is 5.75 Å². The summed E-state index contributed by atoms with van der Waals surface area (Å²) in [6.45, 7) is 2.53. The fraction of sp³-hybridized carbons (Fsp3) is 0.500. The van der Waals surface area contributed by atoms with Gasteiger partial charge in [0.25, 0.3) is 0 Å². The summed E-state index contributed by atoms with van der Waals surface area (Å²) < 4.78 is 6.23. The third-order valence-electron chi connectivity index (χ3n) is 7.94. The molecule has 6 nitrogen and oxygen atoms in total. The molecule has 2 aromatic rings. The van der Waals surface area contributed by atoms with Crippen LogP contribution >= 0.6 is 0 Å². The van der Waals surface area contributed by atoms with Crippen molar-refractivity contribution in [3.63, 3.8) is 0 Å². The topological polar surface area (TPSA) is 87.7 Å². The van der Waals surface area contributed by atoms with Crippen LogP contribution in [0.25, 0.3) is 0 Å². The lowest BCUT2D eigenvalue weighted by atomic mass is 9.53. The highest BCUT2D eigenvalue weighted by Gasteiger charge is 2.51. The second-order valence-electron chi connectivity index (χ2n) is 10.7. The minimum absolute atomic E-state index is 0.00240. The van der Waals surface area contributed by atoms with Gasteiger partial charge in [-0.05, 0) is 93.0 Å². The molecule has 6 rings (SSSR count). The average molecular weight is 463 g/mol. The van der Waals surface area contributed by atoms with Crippen LogP contribution in [0.2, 0.25) is 0 Å². The van der Waals surface area contributed by atoms with Crippen LogP contribution in [0.3, 0.4) is 0 Å². The van der Waals surface area contributed by atoms with Crippen LogP contribution in [-0.4, -0.2) is 29.2 Å². The fourth-order valence-corrected chi connectivity index (χ4v) is 6.78. The van der Waals surface area contributed by atoms with Crippen molar-refractivity contribution >= 4 is 12.0 Å². The molecular formula is C28H34N2O4. The first-order valence-corrected chi connectivity index (χ1v) is 12.5.